The minimum absolute atomic E-state index is 0.0650. The van der Waals surface area contributed by atoms with Crippen LogP contribution in [-0.4, -0.2) is 19.1 Å². The second-order valence-electron chi connectivity index (χ2n) is 3.97. The Bertz CT molecular complexity index is 495. The Morgan fingerprint density at radius 1 is 1.58 bits per heavy atom. The number of hydrogen-bond acceptors (Lipinski definition) is 3. The molecule has 3 N–H and O–H groups in total. The van der Waals surface area contributed by atoms with Crippen LogP contribution < -0.4 is 15.8 Å². The number of ether oxygens (including phenoxy) is 1. The summed E-state index contributed by atoms with van der Waals surface area (Å²) in [4.78, 5) is 12.0. The molecule has 0 spiro atoms. The van der Waals surface area contributed by atoms with E-state index in [0.717, 1.165) is 12.8 Å². The number of terminal acetylenes is 1. The molecular formula is C14H17ClN2O2. The van der Waals surface area contributed by atoms with Gasteiger partial charge in [0.2, 0.25) is 0 Å². The van der Waals surface area contributed by atoms with E-state index in [2.05, 4.69) is 11.2 Å². The van der Waals surface area contributed by atoms with E-state index in [1.54, 1.807) is 0 Å². The Hall–Kier alpha value is -1.86. The maximum atomic E-state index is 12.0. The van der Waals surface area contributed by atoms with Gasteiger partial charge in [0.1, 0.15) is 12.4 Å². The highest BCUT2D eigenvalue weighted by Gasteiger charge is 2.15. The molecule has 1 aromatic carbocycles. The van der Waals surface area contributed by atoms with Crippen molar-refractivity contribution in [2.45, 2.75) is 19.8 Å². The first-order valence-corrected chi connectivity index (χ1v) is 6.41. The molecule has 0 aliphatic heterocycles. The van der Waals surface area contributed by atoms with Crippen molar-refractivity contribution in [2.75, 3.05) is 18.9 Å². The van der Waals surface area contributed by atoms with E-state index in [1.807, 2.05) is 6.92 Å². The minimum atomic E-state index is -0.246. The Morgan fingerprint density at radius 3 is 2.95 bits per heavy atom. The van der Waals surface area contributed by atoms with Crippen molar-refractivity contribution in [1.29, 1.82) is 0 Å². The van der Waals surface area contributed by atoms with Gasteiger partial charge >= 0.3 is 0 Å². The number of nitrogens with one attached hydrogen (secondary N) is 1. The molecule has 0 aromatic heterocycles. The van der Waals surface area contributed by atoms with E-state index in [1.165, 1.54) is 12.1 Å². The molecule has 0 atom stereocenters. The van der Waals surface area contributed by atoms with Gasteiger partial charge in [0.05, 0.1) is 16.3 Å². The highest BCUT2D eigenvalue weighted by molar-refractivity contribution is 6.33. The lowest BCUT2D eigenvalue weighted by molar-refractivity contribution is 0.0950. The van der Waals surface area contributed by atoms with E-state index in [9.17, 15) is 4.79 Å². The first-order chi connectivity index (χ1) is 9.10. The number of halogens is 1. The third-order valence-corrected chi connectivity index (χ3v) is 2.80. The normalized spacial score (nSPS) is 9.74. The van der Waals surface area contributed by atoms with Gasteiger partial charge in [-0.05, 0) is 12.5 Å². The predicted molar refractivity (Wildman–Crippen MR) is 77.4 cm³/mol. The molecule has 0 saturated heterocycles. The van der Waals surface area contributed by atoms with Gasteiger partial charge < -0.3 is 15.8 Å². The highest BCUT2D eigenvalue weighted by Crippen LogP contribution is 2.29. The minimum Gasteiger partial charge on any atom is -0.480 e. The van der Waals surface area contributed by atoms with Crippen LogP contribution in [0.25, 0.3) is 0 Å². The summed E-state index contributed by atoms with van der Waals surface area (Å²) < 4.78 is 5.31. The Labute approximate surface area is 118 Å². The molecule has 0 aliphatic carbocycles. The Morgan fingerprint density at radius 2 is 2.32 bits per heavy atom. The van der Waals surface area contributed by atoms with Gasteiger partial charge in [0.25, 0.3) is 5.91 Å². The number of nitrogens with two attached hydrogens (primary N) is 1. The van der Waals surface area contributed by atoms with Crippen LogP contribution in [0.1, 0.15) is 30.1 Å². The summed E-state index contributed by atoms with van der Waals surface area (Å²) in [6, 6.07) is 3.00. The summed E-state index contributed by atoms with van der Waals surface area (Å²) in [7, 11) is 0. The quantitative estimate of drug-likeness (QED) is 0.478. The zero-order valence-corrected chi connectivity index (χ0v) is 11.6. The van der Waals surface area contributed by atoms with Gasteiger partial charge in [-0.2, -0.15) is 0 Å². The molecule has 4 nitrogen and oxygen atoms in total. The van der Waals surface area contributed by atoms with Crippen LogP contribution in [-0.2, 0) is 0 Å². The molecule has 1 rings (SSSR count). The summed E-state index contributed by atoms with van der Waals surface area (Å²) in [5.74, 6) is 2.43. The van der Waals surface area contributed by atoms with Crippen LogP contribution in [0, 0.1) is 12.3 Å². The highest BCUT2D eigenvalue weighted by atomic mass is 35.5. The maximum Gasteiger partial charge on any atom is 0.255 e. The predicted octanol–water partition coefficient (Wildman–Crippen LogP) is 2.46. The first kappa shape index (κ1) is 15.2. The van der Waals surface area contributed by atoms with E-state index in [0.29, 0.717) is 28.6 Å². The van der Waals surface area contributed by atoms with E-state index < -0.39 is 0 Å². The fourth-order valence-electron chi connectivity index (χ4n) is 1.46. The fraction of sp³-hybridized carbons (Fsp3) is 0.357. The SMILES string of the molecule is C#CCOc1cc(Cl)c(N)cc1C(=O)NCCCC. The summed E-state index contributed by atoms with van der Waals surface area (Å²) in [6.45, 7) is 2.72. The van der Waals surface area contributed by atoms with Gasteiger partial charge in [0, 0.05) is 12.6 Å². The largest absolute Gasteiger partial charge is 0.480 e. The monoisotopic (exact) mass is 280 g/mol. The van der Waals surface area contributed by atoms with Crippen molar-refractivity contribution in [3.8, 4) is 18.1 Å². The van der Waals surface area contributed by atoms with Crippen molar-refractivity contribution in [1.82, 2.24) is 5.32 Å². The van der Waals surface area contributed by atoms with Crippen LogP contribution in [0.2, 0.25) is 5.02 Å². The van der Waals surface area contributed by atoms with Crippen LogP contribution in [0.5, 0.6) is 5.75 Å². The molecule has 5 heteroatoms. The summed E-state index contributed by atoms with van der Waals surface area (Å²) >= 11 is 5.91. The molecule has 0 unspecified atom stereocenters. The van der Waals surface area contributed by atoms with Gasteiger partial charge in [-0.1, -0.05) is 30.9 Å². The number of hydrogen-bond donors (Lipinski definition) is 2. The molecule has 0 bridgehead atoms. The van der Waals surface area contributed by atoms with Crippen molar-refractivity contribution in [3.05, 3.63) is 22.7 Å². The zero-order chi connectivity index (χ0) is 14.3. The average Bonchev–Trinajstić information content (AvgIpc) is 2.39. The maximum absolute atomic E-state index is 12.0. The molecule has 1 amide bonds. The second kappa shape index (κ2) is 7.55. The number of nitrogen functional groups attached to an aromatic ring is 1. The third kappa shape index (κ3) is 4.38. The number of unbranched alkanes of at least 4 members (excludes halogenated alkanes) is 1. The second-order valence-corrected chi connectivity index (χ2v) is 4.38. The van der Waals surface area contributed by atoms with Crippen LogP contribution in [0.3, 0.4) is 0 Å². The third-order valence-electron chi connectivity index (χ3n) is 2.47. The number of anilines is 1. The van der Waals surface area contributed by atoms with E-state index in [4.69, 9.17) is 28.5 Å². The Kier molecular flexibility index (Phi) is 6.04. The van der Waals surface area contributed by atoms with E-state index in [-0.39, 0.29) is 12.5 Å². The lowest BCUT2D eigenvalue weighted by Gasteiger charge is -2.12. The molecule has 1 aromatic rings. The number of carbonyl (C=O) groups excluding carboxylic acids is 1. The van der Waals surface area contributed by atoms with Crippen LogP contribution >= 0.6 is 11.6 Å². The number of benzene rings is 1. The number of carbonyl (C=O) groups is 1. The van der Waals surface area contributed by atoms with Gasteiger partial charge in [-0.15, -0.1) is 6.42 Å². The summed E-state index contributed by atoms with van der Waals surface area (Å²) in [5, 5.41) is 3.12. The zero-order valence-electron chi connectivity index (χ0n) is 10.8. The standard InChI is InChI=1S/C14H17ClN2O2/c1-3-5-6-17-14(18)10-8-12(16)11(15)9-13(10)19-7-4-2/h2,8-9H,3,5-7,16H2,1H3,(H,17,18). The van der Waals surface area contributed by atoms with Gasteiger partial charge in [-0.25, -0.2) is 0 Å². The Balaban J connectivity index is 2.93. The lowest BCUT2D eigenvalue weighted by Crippen LogP contribution is -2.25. The van der Waals surface area contributed by atoms with Gasteiger partial charge in [0.15, 0.2) is 0 Å². The molecule has 0 radical (unpaired) electrons. The summed E-state index contributed by atoms with van der Waals surface area (Å²) in [5.41, 5.74) is 6.37. The fourth-order valence-corrected chi connectivity index (χ4v) is 1.62. The molecule has 0 heterocycles. The molecule has 0 saturated carbocycles. The topological polar surface area (TPSA) is 64.3 Å². The van der Waals surface area contributed by atoms with Crippen molar-refractivity contribution in [3.63, 3.8) is 0 Å². The number of amides is 1. The van der Waals surface area contributed by atoms with Crippen LogP contribution in [0.15, 0.2) is 12.1 Å². The smallest absolute Gasteiger partial charge is 0.255 e. The van der Waals surface area contributed by atoms with Crippen molar-refractivity contribution in [2.24, 2.45) is 0 Å². The van der Waals surface area contributed by atoms with Gasteiger partial charge in [-0.3, -0.25) is 4.79 Å². The van der Waals surface area contributed by atoms with E-state index >= 15 is 0 Å². The van der Waals surface area contributed by atoms with Crippen LogP contribution in [0.4, 0.5) is 5.69 Å². The van der Waals surface area contributed by atoms with Crippen molar-refractivity contribution < 1.29 is 9.53 Å². The first-order valence-electron chi connectivity index (χ1n) is 6.03. The molecule has 0 aliphatic rings. The summed E-state index contributed by atoms with van der Waals surface area (Å²) in [6.07, 6.45) is 7.05. The molecule has 0 fully saturated rings. The average molecular weight is 281 g/mol. The molecule has 19 heavy (non-hydrogen) atoms. The molecule has 102 valence electrons. The van der Waals surface area contributed by atoms with Crippen molar-refractivity contribution >= 4 is 23.2 Å². The lowest BCUT2D eigenvalue weighted by atomic mass is 10.1. The molecular weight excluding hydrogens is 264 g/mol. The number of rotatable bonds is 6.